The molecule has 0 saturated heterocycles. The SMILES string of the molecule is CN(C)C(=O)[C@H]1CC(C)(C)C[C@@H]1C(=O)c1ccccc1. The summed E-state index contributed by atoms with van der Waals surface area (Å²) >= 11 is 0. The smallest absolute Gasteiger partial charge is 0.225 e. The van der Waals surface area contributed by atoms with E-state index in [1.54, 1.807) is 19.0 Å². The molecule has 1 aromatic rings. The van der Waals surface area contributed by atoms with Gasteiger partial charge < -0.3 is 4.90 Å². The molecular weight excluding hydrogens is 250 g/mol. The van der Waals surface area contributed by atoms with Crippen LogP contribution in [0.3, 0.4) is 0 Å². The standard InChI is InChI=1S/C17H23NO2/c1-17(2)10-13(14(11-17)16(20)18(3)4)15(19)12-8-6-5-7-9-12/h5-9,13-14H,10-11H2,1-4H3/t13-,14-/m0/s1. The van der Waals surface area contributed by atoms with E-state index in [4.69, 9.17) is 0 Å². The molecular formula is C17H23NO2. The van der Waals surface area contributed by atoms with Gasteiger partial charge in [0.05, 0.1) is 0 Å². The van der Waals surface area contributed by atoms with Gasteiger partial charge in [0, 0.05) is 31.5 Å². The lowest BCUT2D eigenvalue weighted by molar-refractivity contribution is -0.133. The molecule has 1 amide bonds. The quantitative estimate of drug-likeness (QED) is 0.794. The van der Waals surface area contributed by atoms with Crippen molar-refractivity contribution in [1.29, 1.82) is 0 Å². The first-order chi connectivity index (χ1) is 9.32. The van der Waals surface area contributed by atoms with Gasteiger partial charge in [0.2, 0.25) is 5.91 Å². The van der Waals surface area contributed by atoms with Crippen LogP contribution >= 0.6 is 0 Å². The summed E-state index contributed by atoms with van der Waals surface area (Å²) in [4.78, 5) is 26.7. The number of ketones is 1. The molecule has 0 heterocycles. The number of carbonyl (C=O) groups excluding carboxylic acids is 2. The molecule has 0 aromatic heterocycles. The van der Waals surface area contributed by atoms with Crippen LogP contribution in [-0.2, 0) is 4.79 Å². The van der Waals surface area contributed by atoms with Crippen LogP contribution in [0.25, 0.3) is 0 Å². The van der Waals surface area contributed by atoms with Crippen molar-refractivity contribution >= 4 is 11.7 Å². The minimum Gasteiger partial charge on any atom is -0.349 e. The monoisotopic (exact) mass is 273 g/mol. The Morgan fingerprint density at radius 3 is 2.15 bits per heavy atom. The Morgan fingerprint density at radius 1 is 1.05 bits per heavy atom. The highest BCUT2D eigenvalue weighted by Gasteiger charge is 2.46. The first-order valence-electron chi connectivity index (χ1n) is 7.12. The maximum atomic E-state index is 12.7. The first-order valence-corrected chi connectivity index (χ1v) is 7.12. The van der Waals surface area contributed by atoms with Gasteiger partial charge in [-0.05, 0) is 18.3 Å². The third kappa shape index (κ3) is 2.92. The summed E-state index contributed by atoms with van der Waals surface area (Å²) in [5.41, 5.74) is 0.762. The van der Waals surface area contributed by atoms with E-state index in [-0.39, 0.29) is 28.9 Å². The topological polar surface area (TPSA) is 37.4 Å². The van der Waals surface area contributed by atoms with E-state index in [0.717, 1.165) is 12.8 Å². The fraction of sp³-hybridized carbons (Fsp3) is 0.529. The molecule has 0 N–H and O–H groups in total. The number of amides is 1. The van der Waals surface area contributed by atoms with E-state index in [2.05, 4.69) is 13.8 Å². The van der Waals surface area contributed by atoms with Crippen LogP contribution < -0.4 is 0 Å². The second-order valence-electron chi connectivity index (χ2n) is 6.75. The predicted octanol–water partition coefficient (Wildman–Crippen LogP) is 3.01. The zero-order valence-electron chi connectivity index (χ0n) is 12.7. The second-order valence-corrected chi connectivity index (χ2v) is 6.75. The highest BCUT2D eigenvalue weighted by molar-refractivity contribution is 6.00. The van der Waals surface area contributed by atoms with E-state index in [0.29, 0.717) is 5.56 Å². The Bertz CT molecular complexity index is 505. The lowest BCUT2D eigenvalue weighted by atomic mass is 9.87. The van der Waals surface area contributed by atoms with Crippen LogP contribution in [0.1, 0.15) is 37.0 Å². The van der Waals surface area contributed by atoms with Gasteiger partial charge in [0.15, 0.2) is 5.78 Å². The molecule has 1 fully saturated rings. The molecule has 3 nitrogen and oxygen atoms in total. The van der Waals surface area contributed by atoms with Crippen molar-refractivity contribution in [2.24, 2.45) is 17.3 Å². The summed E-state index contributed by atoms with van der Waals surface area (Å²) in [5.74, 6) is -0.198. The minimum absolute atomic E-state index is 0.0471. The van der Waals surface area contributed by atoms with Crippen molar-refractivity contribution in [2.45, 2.75) is 26.7 Å². The molecule has 0 unspecified atom stereocenters. The Hall–Kier alpha value is -1.64. The van der Waals surface area contributed by atoms with Crippen LogP contribution in [0.2, 0.25) is 0 Å². The Balaban J connectivity index is 2.28. The largest absolute Gasteiger partial charge is 0.349 e. The number of carbonyl (C=O) groups is 2. The van der Waals surface area contributed by atoms with E-state index in [9.17, 15) is 9.59 Å². The molecule has 0 spiro atoms. The molecule has 0 bridgehead atoms. The average molecular weight is 273 g/mol. The van der Waals surface area contributed by atoms with E-state index in [1.165, 1.54) is 0 Å². The maximum absolute atomic E-state index is 12.7. The lowest BCUT2D eigenvalue weighted by Gasteiger charge is -2.21. The molecule has 3 heteroatoms. The van der Waals surface area contributed by atoms with Crippen molar-refractivity contribution in [1.82, 2.24) is 4.90 Å². The van der Waals surface area contributed by atoms with Crippen LogP contribution in [0, 0.1) is 17.3 Å². The first kappa shape index (κ1) is 14.8. The molecule has 2 atom stereocenters. The molecule has 108 valence electrons. The molecule has 1 aliphatic carbocycles. The van der Waals surface area contributed by atoms with Crippen LogP contribution in [-0.4, -0.2) is 30.7 Å². The third-order valence-electron chi connectivity index (χ3n) is 4.18. The highest BCUT2D eigenvalue weighted by atomic mass is 16.2. The van der Waals surface area contributed by atoms with Crippen LogP contribution in [0.15, 0.2) is 30.3 Å². The molecule has 2 rings (SSSR count). The zero-order chi connectivity index (χ0) is 14.9. The molecule has 1 saturated carbocycles. The van der Waals surface area contributed by atoms with Gasteiger partial charge in [-0.3, -0.25) is 9.59 Å². The summed E-state index contributed by atoms with van der Waals surface area (Å²) in [6, 6.07) is 9.32. The molecule has 0 aliphatic heterocycles. The lowest BCUT2D eigenvalue weighted by Crippen LogP contribution is -2.34. The number of rotatable bonds is 3. The number of hydrogen-bond donors (Lipinski definition) is 0. The summed E-state index contributed by atoms with van der Waals surface area (Å²) in [6.45, 7) is 4.28. The number of Topliss-reactive ketones (excluding diaryl/α,β-unsaturated/α-hetero) is 1. The molecule has 20 heavy (non-hydrogen) atoms. The molecule has 1 aliphatic rings. The summed E-state index contributed by atoms with van der Waals surface area (Å²) in [6.07, 6.45) is 1.57. The van der Waals surface area contributed by atoms with Gasteiger partial charge in [-0.25, -0.2) is 0 Å². The average Bonchev–Trinajstić information content (AvgIpc) is 2.74. The van der Waals surface area contributed by atoms with Gasteiger partial charge in [0.1, 0.15) is 0 Å². The van der Waals surface area contributed by atoms with Crippen LogP contribution in [0.4, 0.5) is 0 Å². The Labute approximate surface area is 121 Å². The van der Waals surface area contributed by atoms with Gasteiger partial charge in [-0.1, -0.05) is 44.2 Å². The minimum atomic E-state index is -0.192. The van der Waals surface area contributed by atoms with E-state index >= 15 is 0 Å². The van der Waals surface area contributed by atoms with Gasteiger partial charge >= 0.3 is 0 Å². The van der Waals surface area contributed by atoms with Gasteiger partial charge in [-0.15, -0.1) is 0 Å². The number of hydrogen-bond acceptors (Lipinski definition) is 2. The van der Waals surface area contributed by atoms with Crippen LogP contribution in [0.5, 0.6) is 0 Å². The van der Waals surface area contributed by atoms with E-state index < -0.39 is 0 Å². The van der Waals surface area contributed by atoms with Crippen molar-refractivity contribution in [3.8, 4) is 0 Å². The van der Waals surface area contributed by atoms with Crippen molar-refractivity contribution in [3.63, 3.8) is 0 Å². The highest BCUT2D eigenvalue weighted by Crippen LogP contribution is 2.46. The van der Waals surface area contributed by atoms with Crippen molar-refractivity contribution in [3.05, 3.63) is 35.9 Å². The van der Waals surface area contributed by atoms with E-state index in [1.807, 2.05) is 30.3 Å². The number of benzene rings is 1. The summed E-state index contributed by atoms with van der Waals surface area (Å²) in [7, 11) is 3.52. The fourth-order valence-corrected chi connectivity index (χ4v) is 3.24. The third-order valence-corrected chi connectivity index (χ3v) is 4.18. The summed E-state index contributed by atoms with van der Waals surface area (Å²) < 4.78 is 0. The predicted molar refractivity (Wildman–Crippen MR) is 79.5 cm³/mol. The van der Waals surface area contributed by atoms with Crippen molar-refractivity contribution < 1.29 is 9.59 Å². The zero-order valence-corrected chi connectivity index (χ0v) is 12.7. The molecule has 0 radical (unpaired) electrons. The Kier molecular flexibility index (Phi) is 3.98. The van der Waals surface area contributed by atoms with Crippen molar-refractivity contribution in [2.75, 3.05) is 14.1 Å². The maximum Gasteiger partial charge on any atom is 0.225 e. The second kappa shape index (κ2) is 5.39. The normalized spacial score (nSPS) is 24.4. The summed E-state index contributed by atoms with van der Waals surface area (Å²) in [5, 5.41) is 0. The van der Waals surface area contributed by atoms with Gasteiger partial charge in [0.25, 0.3) is 0 Å². The molecule has 1 aromatic carbocycles. The fourth-order valence-electron chi connectivity index (χ4n) is 3.24. The number of nitrogens with zero attached hydrogens (tertiary/aromatic N) is 1. The van der Waals surface area contributed by atoms with Gasteiger partial charge in [-0.2, -0.15) is 0 Å². The Morgan fingerprint density at radius 2 is 1.60 bits per heavy atom.